The molecule has 206 valence electrons. The van der Waals surface area contributed by atoms with Gasteiger partial charge in [-0.2, -0.15) is 0 Å². The number of nitrogens with zero attached hydrogens (tertiary/aromatic N) is 6. The van der Waals surface area contributed by atoms with E-state index in [4.69, 9.17) is 15.6 Å². The van der Waals surface area contributed by atoms with Gasteiger partial charge >= 0.3 is 5.69 Å². The number of carbonyl (C=O) groups is 1. The molecular formula is C28H36N8O3. The standard InChI is InChI=1S/C26H32N8O.C2H4O2/c1-17-14-20(15-18(2)29-17)22-23(19-8-5-4-6-9-19)30-25(27)34-24(22)31-33(26(34)35)13-11-28-21-10-7-12-32(3)16-21;1-4-2-3/h4-6,8-9,14-15,21,28H,7,10-13,16H2,1-3H3,(H2,27,30);2H,1H3. The maximum Gasteiger partial charge on any atom is 0.353 e. The number of rotatable bonds is 7. The number of methoxy groups -OCH3 is 1. The molecule has 0 amide bonds. The van der Waals surface area contributed by atoms with Gasteiger partial charge < -0.3 is 20.7 Å². The van der Waals surface area contributed by atoms with Crippen LogP contribution in [0.3, 0.4) is 0 Å². The third kappa shape index (κ3) is 6.50. The average molecular weight is 533 g/mol. The first-order valence-corrected chi connectivity index (χ1v) is 13.0. The minimum Gasteiger partial charge on any atom is -0.471 e. The molecule has 1 aliphatic rings. The summed E-state index contributed by atoms with van der Waals surface area (Å²) < 4.78 is 6.77. The Hall–Kier alpha value is -4.09. The van der Waals surface area contributed by atoms with Crippen LogP contribution in [-0.2, 0) is 16.1 Å². The Bertz CT molecular complexity index is 1460. The van der Waals surface area contributed by atoms with Crippen molar-refractivity contribution < 1.29 is 9.53 Å². The summed E-state index contributed by atoms with van der Waals surface area (Å²) in [5.41, 5.74) is 11.6. The van der Waals surface area contributed by atoms with Crippen molar-refractivity contribution in [1.82, 2.24) is 34.4 Å². The second kappa shape index (κ2) is 12.6. The van der Waals surface area contributed by atoms with Gasteiger partial charge in [0.05, 0.1) is 24.9 Å². The number of nitrogen functional groups attached to an aromatic ring is 1. The quantitative estimate of drug-likeness (QED) is 0.344. The number of nitrogens with one attached hydrogen (secondary N) is 1. The summed E-state index contributed by atoms with van der Waals surface area (Å²) in [5.74, 6) is 0.128. The predicted octanol–water partition coefficient (Wildman–Crippen LogP) is 2.29. The van der Waals surface area contributed by atoms with Crippen LogP contribution in [0.2, 0.25) is 0 Å². The summed E-state index contributed by atoms with van der Waals surface area (Å²) in [6.45, 7) is 7.55. The molecule has 1 aliphatic heterocycles. The molecule has 1 unspecified atom stereocenters. The normalized spacial score (nSPS) is 15.5. The number of piperidine rings is 1. The SMILES string of the molecule is COC=O.Cc1cc(-c2c(-c3ccccc3)nc(N)n3c(=O)n(CCNC4CCCN(C)C4)nc23)cc(C)n1. The van der Waals surface area contributed by atoms with Crippen LogP contribution in [0.5, 0.6) is 0 Å². The lowest BCUT2D eigenvalue weighted by Crippen LogP contribution is -2.45. The maximum atomic E-state index is 13.3. The molecule has 4 aromatic rings. The number of hydrogen-bond donors (Lipinski definition) is 2. The van der Waals surface area contributed by atoms with E-state index in [2.05, 4.69) is 32.0 Å². The molecule has 0 radical (unpaired) electrons. The van der Waals surface area contributed by atoms with Gasteiger partial charge in [-0.15, -0.1) is 5.10 Å². The fourth-order valence-electron chi connectivity index (χ4n) is 5.01. The Morgan fingerprint density at radius 2 is 1.82 bits per heavy atom. The average Bonchev–Trinajstić information content (AvgIpc) is 3.25. The molecular weight excluding hydrogens is 496 g/mol. The Balaban J connectivity index is 0.000000826. The van der Waals surface area contributed by atoms with Crippen molar-refractivity contribution >= 4 is 18.1 Å². The predicted molar refractivity (Wildman–Crippen MR) is 151 cm³/mol. The number of fused-ring (bicyclic) bond motifs is 1. The summed E-state index contributed by atoms with van der Waals surface area (Å²) >= 11 is 0. The second-order valence-corrected chi connectivity index (χ2v) is 9.75. The van der Waals surface area contributed by atoms with Crippen LogP contribution in [0.1, 0.15) is 24.2 Å². The summed E-state index contributed by atoms with van der Waals surface area (Å²) in [4.78, 5) is 33.8. The van der Waals surface area contributed by atoms with Crippen molar-refractivity contribution in [3.63, 3.8) is 0 Å². The van der Waals surface area contributed by atoms with E-state index in [-0.39, 0.29) is 11.6 Å². The first-order chi connectivity index (χ1) is 18.8. The second-order valence-electron chi connectivity index (χ2n) is 9.75. The molecule has 5 rings (SSSR count). The smallest absolute Gasteiger partial charge is 0.353 e. The lowest BCUT2D eigenvalue weighted by molar-refractivity contribution is -0.126. The van der Waals surface area contributed by atoms with Gasteiger partial charge in [-0.05, 0) is 58.0 Å². The highest BCUT2D eigenvalue weighted by Gasteiger charge is 2.22. The molecule has 11 nitrogen and oxygen atoms in total. The van der Waals surface area contributed by atoms with Crippen LogP contribution >= 0.6 is 0 Å². The van der Waals surface area contributed by atoms with Crippen LogP contribution < -0.4 is 16.7 Å². The monoisotopic (exact) mass is 532 g/mol. The van der Waals surface area contributed by atoms with Crippen LogP contribution in [0.25, 0.3) is 28.0 Å². The molecule has 4 heterocycles. The van der Waals surface area contributed by atoms with Crippen LogP contribution in [0.15, 0.2) is 47.3 Å². The van der Waals surface area contributed by atoms with Gasteiger partial charge in [-0.25, -0.2) is 18.9 Å². The van der Waals surface area contributed by atoms with Crippen LogP contribution in [-0.4, -0.2) is 75.4 Å². The van der Waals surface area contributed by atoms with Crippen molar-refractivity contribution in [2.45, 2.75) is 39.3 Å². The van der Waals surface area contributed by atoms with Gasteiger partial charge in [0, 0.05) is 36.1 Å². The Kier molecular flexibility index (Phi) is 9.05. The minimum absolute atomic E-state index is 0.128. The molecule has 3 aromatic heterocycles. The van der Waals surface area contributed by atoms with Gasteiger partial charge in [-0.3, -0.25) is 9.78 Å². The zero-order valence-electron chi connectivity index (χ0n) is 22.9. The largest absolute Gasteiger partial charge is 0.471 e. The van der Waals surface area contributed by atoms with Crippen molar-refractivity contribution in [3.8, 4) is 22.4 Å². The fraction of sp³-hybridized carbons (Fsp3) is 0.393. The molecule has 0 saturated carbocycles. The van der Waals surface area contributed by atoms with Crippen LogP contribution in [0.4, 0.5) is 5.95 Å². The van der Waals surface area contributed by atoms with Gasteiger partial charge in [0.25, 0.3) is 6.47 Å². The number of hydrogen-bond acceptors (Lipinski definition) is 9. The fourth-order valence-corrected chi connectivity index (χ4v) is 5.01. The van der Waals surface area contributed by atoms with Gasteiger partial charge in [0.1, 0.15) is 0 Å². The molecule has 3 N–H and O–H groups in total. The first-order valence-electron chi connectivity index (χ1n) is 13.0. The molecule has 39 heavy (non-hydrogen) atoms. The van der Waals surface area contributed by atoms with Crippen molar-refractivity contribution in [3.05, 3.63) is 64.3 Å². The summed E-state index contributed by atoms with van der Waals surface area (Å²) in [5, 5.41) is 8.35. The lowest BCUT2D eigenvalue weighted by Gasteiger charge is -2.30. The van der Waals surface area contributed by atoms with E-state index >= 15 is 0 Å². The van der Waals surface area contributed by atoms with E-state index in [1.165, 1.54) is 22.6 Å². The van der Waals surface area contributed by atoms with E-state index in [9.17, 15) is 4.79 Å². The van der Waals surface area contributed by atoms with Crippen molar-refractivity contribution in [2.75, 3.05) is 39.5 Å². The molecule has 1 atom stereocenters. The van der Waals surface area contributed by atoms with E-state index < -0.39 is 0 Å². The maximum absolute atomic E-state index is 13.3. The van der Waals surface area contributed by atoms with E-state index in [0.717, 1.165) is 47.6 Å². The topological polar surface area (TPSA) is 133 Å². The minimum atomic E-state index is -0.282. The molecule has 1 aromatic carbocycles. The van der Waals surface area contributed by atoms with Gasteiger partial charge in [0.2, 0.25) is 5.95 Å². The molecule has 1 saturated heterocycles. The number of ether oxygens (including phenoxy) is 1. The van der Waals surface area contributed by atoms with Gasteiger partial charge in [0.15, 0.2) is 5.65 Å². The number of benzene rings is 1. The molecule has 1 fully saturated rings. The van der Waals surface area contributed by atoms with E-state index in [0.29, 0.717) is 36.9 Å². The Morgan fingerprint density at radius 1 is 1.13 bits per heavy atom. The Morgan fingerprint density at radius 3 is 2.46 bits per heavy atom. The molecule has 0 bridgehead atoms. The summed E-state index contributed by atoms with van der Waals surface area (Å²) in [6, 6.07) is 14.3. The number of likely N-dealkylation sites (tertiary alicyclic amines) is 1. The highest BCUT2D eigenvalue weighted by Crippen LogP contribution is 2.34. The number of pyridine rings is 1. The number of nitrogens with two attached hydrogens (primary N) is 1. The molecule has 11 heteroatoms. The van der Waals surface area contributed by atoms with E-state index in [1.54, 1.807) is 0 Å². The molecule has 0 spiro atoms. The number of aryl methyl sites for hydroxylation is 2. The highest BCUT2D eigenvalue weighted by atomic mass is 16.5. The Labute approximate surface area is 227 Å². The van der Waals surface area contributed by atoms with Gasteiger partial charge in [-0.1, -0.05) is 30.3 Å². The zero-order valence-corrected chi connectivity index (χ0v) is 22.9. The number of likely N-dealkylation sites (N-methyl/N-ethyl adjacent to an activating group) is 1. The van der Waals surface area contributed by atoms with Crippen LogP contribution in [0, 0.1) is 13.8 Å². The number of anilines is 1. The summed E-state index contributed by atoms with van der Waals surface area (Å²) in [6.07, 6.45) is 2.33. The van der Waals surface area contributed by atoms with E-state index in [1.807, 2.05) is 56.3 Å². The van der Waals surface area contributed by atoms with Crippen molar-refractivity contribution in [2.24, 2.45) is 0 Å². The number of aromatic nitrogens is 5. The third-order valence-corrected chi connectivity index (χ3v) is 6.65. The third-order valence-electron chi connectivity index (χ3n) is 6.65. The lowest BCUT2D eigenvalue weighted by atomic mass is 9.99. The number of carbonyl (C=O) groups excluding carboxylic acids is 1. The molecule has 0 aliphatic carbocycles. The van der Waals surface area contributed by atoms with Crippen molar-refractivity contribution in [1.29, 1.82) is 0 Å². The zero-order chi connectivity index (χ0) is 27.9. The summed E-state index contributed by atoms with van der Waals surface area (Å²) in [7, 11) is 3.46. The highest BCUT2D eigenvalue weighted by molar-refractivity contribution is 5.90. The first kappa shape index (κ1) is 27.9.